The Morgan fingerprint density at radius 3 is 2.63 bits per heavy atom. The number of hydrogen-bond acceptors (Lipinski definition) is 4. The number of methoxy groups -OCH3 is 1. The van der Waals surface area contributed by atoms with Gasteiger partial charge in [0.05, 0.1) is 18.7 Å². The lowest BCUT2D eigenvalue weighted by molar-refractivity contribution is -0.136. The van der Waals surface area contributed by atoms with Crippen molar-refractivity contribution in [3.8, 4) is 0 Å². The molecule has 3 amide bonds. The number of rotatable bonds is 6. The summed E-state index contributed by atoms with van der Waals surface area (Å²) in [7, 11) is 1.32. The second-order valence-electron chi connectivity index (χ2n) is 6.79. The van der Waals surface area contributed by atoms with E-state index < -0.39 is 12.0 Å². The molecular formula is C20H27N3O4. The Balaban J connectivity index is 2.45. The van der Waals surface area contributed by atoms with Crippen molar-refractivity contribution in [1.29, 1.82) is 0 Å². The minimum absolute atomic E-state index is 0.103. The molecule has 0 bridgehead atoms. The fraction of sp³-hybridized carbons (Fsp3) is 0.450. The van der Waals surface area contributed by atoms with Gasteiger partial charge in [0.1, 0.15) is 0 Å². The van der Waals surface area contributed by atoms with Crippen LogP contribution < -0.4 is 10.6 Å². The number of nitrogens with zero attached hydrogens (tertiary/aromatic N) is 1. The summed E-state index contributed by atoms with van der Waals surface area (Å²) >= 11 is 0. The summed E-state index contributed by atoms with van der Waals surface area (Å²) < 4.78 is 4.96. The highest BCUT2D eigenvalue weighted by atomic mass is 16.5. The normalized spacial score (nSPS) is 17.0. The van der Waals surface area contributed by atoms with Crippen molar-refractivity contribution in [2.75, 3.05) is 19.0 Å². The highest BCUT2D eigenvalue weighted by Crippen LogP contribution is 2.32. The molecule has 7 heteroatoms. The average molecular weight is 373 g/mol. The number of urea groups is 1. The zero-order valence-electron chi connectivity index (χ0n) is 16.5. The van der Waals surface area contributed by atoms with Crippen molar-refractivity contribution in [3.63, 3.8) is 0 Å². The second kappa shape index (κ2) is 8.70. The van der Waals surface area contributed by atoms with Crippen LogP contribution in [0.2, 0.25) is 0 Å². The van der Waals surface area contributed by atoms with E-state index in [4.69, 9.17) is 4.74 Å². The summed E-state index contributed by atoms with van der Waals surface area (Å²) in [4.78, 5) is 38.5. The monoisotopic (exact) mass is 373 g/mol. The number of esters is 1. The van der Waals surface area contributed by atoms with Crippen LogP contribution in [0.5, 0.6) is 0 Å². The van der Waals surface area contributed by atoms with E-state index in [0.717, 1.165) is 6.42 Å². The standard InChI is InChI=1S/C20H27N3O4/c1-6-10-23-13(4)16(19(25)27-5)17(22-20(23)26)14-8-7-9-15(11-14)21-18(24)12(2)3/h7-9,11-12,17H,6,10H2,1-5H3,(H,21,24)(H,22,26). The van der Waals surface area contributed by atoms with Crippen LogP contribution in [0, 0.1) is 5.92 Å². The van der Waals surface area contributed by atoms with E-state index in [2.05, 4.69) is 10.6 Å². The molecule has 0 aromatic heterocycles. The Morgan fingerprint density at radius 2 is 2.04 bits per heavy atom. The third kappa shape index (κ3) is 4.48. The van der Waals surface area contributed by atoms with Gasteiger partial charge in [-0.05, 0) is 31.0 Å². The number of anilines is 1. The summed E-state index contributed by atoms with van der Waals surface area (Å²) in [5.41, 5.74) is 2.27. The van der Waals surface area contributed by atoms with Gasteiger partial charge in [0.15, 0.2) is 0 Å². The average Bonchev–Trinajstić information content (AvgIpc) is 2.64. The molecule has 1 atom stereocenters. The number of allylic oxidation sites excluding steroid dienone is 1. The van der Waals surface area contributed by atoms with Crippen LogP contribution >= 0.6 is 0 Å². The molecule has 1 aliphatic rings. The largest absolute Gasteiger partial charge is 0.466 e. The molecule has 1 aliphatic heterocycles. The summed E-state index contributed by atoms with van der Waals surface area (Å²) in [5.74, 6) is -0.748. The zero-order valence-corrected chi connectivity index (χ0v) is 16.5. The number of amides is 3. The van der Waals surface area contributed by atoms with Gasteiger partial charge in [-0.3, -0.25) is 9.69 Å². The topological polar surface area (TPSA) is 87.7 Å². The molecule has 1 heterocycles. The lowest BCUT2D eigenvalue weighted by Crippen LogP contribution is -2.48. The molecule has 1 aromatic carbocycles. The smallest absolute Gasteiger partial charge is 0.337 e. The Bertz CT molecular complexity index is 770. The molecule has 2 rings (SSSR count). The van der Waals surface area contributed by atoms with Crippen molar-refractivity contribution >= 4 is 23.6 Å². The van der Waals surface area contributed by atoms with Crippen LogP contribution in [-0.2, 0) is 14.3 Å². The van der Waals surface area contributed by atoms with Crippen LogP contribution in [0.15, 0.2) is 35.5 Å². The Labute approximate surface area is 159 Å². The highest BCUT2D eigenvalue weighted by molar-refractivity contribution is 5.95. The summed E-state index contributed by atoms with van der Waals surface area (Å²) in [6.45, 7) is 7.84. The van der Waals surface area contributed by atoms with Gasteiger partial charge in [0, 0.05) is 23.8 Å². The third-order valence-electron chi connectivity index (χ3n) is 4.46. The molecule has 0 saturated heterocycles. The lowest BCUT2D eigenvalue weighted by Gasteiger charge is -2.35. The van der Waals surface area contributed by atoms with E-state index >= 15 is 0 Å². The zero-order chi connectivity index (χ0) is 20.1. The number of hydrogen-bond donors (Lipinski definition) is 2. The molecule has 1 aromatic rings. The van der Waals surface area contributed by atoms with E-state index in [-0.39, 0.29) is 17.9 Å². The Morgan fingerprint density at radius 1 is 1.33 bits per heavy atom. The third-order valence-corrected chi connectivity index (χ3v) is 4.46. The summed E-state index contributed by atoms with van der Waals surface area (Å²) in [6, 6.07) is 6.21. The minimum Gasteiger partial charge on any atom is -0.466 e. The maximum atomic E-state index is 12.5. The maximum Gasteiger partial charge on any atom is 0.337 e. The first-order valence-electron chi connectivity index (χ1n) is 9.08. The molecule has 0 aliphatic carbocycles. The molecular weight excluding hydrogens is 346 g/mol. The van der Waals surface area contributed by atoms with E-state index in [0.29, 0.717) is 29.1 Å². The predicted molar refractivity (Wildman–Crippen MR) is 103 cm³/mol. The fourth-order valence-electron chi connectivity index (χ4n) is 2.98. The lowest BCUT2D eigenvalue weighted by atomic mass is 9.94. The number of carbonyl (C=O) groups excluding carboxylic acids is 3. The van der Waals surface area contributed by atoms with Crippen molar-refractivity contribution < 1.29 is 19.1 Å². The molecule has 0 spiro atoms. The van der Waals surface area contributed by atoms with Crippen LogP contribution in [-0.4, -0.2) is 36.5 Å². The van der Waals surface area contributed by atoms with Gasteiger partial charge in [0.25, 0.3) is 0 Å². The van der Waals surface area contributed by atoms with Crippen molar-refractivity contribution in [1.82, 2.24) is 10.2 Å². The van der Waals surface area contributed by atoms with Crippen LogP contribution in [0.4, 0.5) is 10.5 Å². The first-order chi connectivity index (χ1) is 12.8. The van der Waals surface area contributed by atoms with Gasteiger partial charge in [-0.25, -0.2) is 9.59 Å². The van der Waals surface area contributed by atoms with Gasteiger partial charge in [0.2, 0.25) is 5.91 Å². The number of carbonyl (C=O) groups is 3. The molecule has 0 saturated carbocycles. The van der Waals surface area contributed by atoms with E-state index in [1.165, 1.54) is 7.11 Å². The quantitative estimate of drug-likeness (QED) is 0.750. The van der Waals surface area contributed by atoms with Crippen LogP contribution in [0.3, 0.4) is 0 Å². The Kier molecular flexibility index (Phi) is 6.60. The first kappa shape index (κ1) is 20.5. The van der Waals surface area contributed by atoms with Gasteiger partial charge in [-0.15, -0.1) is 0 Å². The summed E-state index contributed by atoms with van der Waals surface area (Å²) in [6.07, 6.45) is 0.764. The molecule has 27 heavy (non-hydrogen) atoms. The van der Waals surface area contributed by atoms with Crippen molar-refractivity contribution in [3.05, 3.63) is 41.1 Å². The summed E-state index contributed by atoms with van der Waals surface area (Å²) in [5, 5.41) is 5.72. The molecule has 2 N–H and O–H groups in total. The number of nitrogens with one attached hydrogen (secondary N) is 2. The SMILES string of the molecule is CCCN1C(=O)NC(c2cccc(NC(=O)C(C)C)c2)C(C(=O)OC)=C1C. The van der Waals surface area contributed by atoms with E-state index in [9.17, 15) is 14.4 Å². The van der Waals surface area contributed by atoms with Gasteiger partial charge >= 0.3 is 12.0 Å². The molecule has 7 nitrogen and oxygen atoms in total. The highest BCUT2D eigenvalue weighted by Gasteiger charge is 2.35. The predicted octanol–water partition coefficient (Wildman–Crippen LogP) is 3.20. The maximum absolute atomic E-state index is 12.5. The molecule has 146 valence electrons. The molecule has 1 unspecified atom stereocenters. The molecule has 0 fully saturated rings. The van der Waals surface area contributed by atoms with Gasteiger partial charge in [-0.2, -0.15) is 0 Å². The molecule has 0 radical (unpaired) electrons. The number of benzene rings is 1. The van der Waals surface area contributed by atoms with Crippen LogP contribution in [0.25, 0.3) is 0 Å². The first-order valence-corrected chi connectivity index (χ1v) is 9.08. The fourth-order valence-corrected chi connectivity index (χ4v) is 2.98. The number of ether oxygens (including phenoxy) is 1. The Hall–Kier alpha value is -2.83. The van der Waals surface area contributed by atoms with Crippen LogP contribution in [0.1, 0.15) is 45.7 Å². The van der Waals surface area contributed by atoms with Crippen molar-refractivity contribution in [2.45, 2.75) is 40.2 Å². The van der Waals surface area contributed by atoms with E-state index in [1.54, 1.807) is 30.0 Å². The van der Waals surface area contributed by atoms with Gasteiger partial charge < -0.3 is 15.4 Å². The minimum atomic E-state index is -0.644. The van der Waals surface area contributed by atoms with Gasteiger partial charge in [-0.1, -0.05) is 32.9 Å². The van der Waals surface area contributed by atoms with E-state index in [1.807, 2.05) is 26.8 Å². The second-order valence-corrected chi connectivity index (χ2v) is 6.79. The van der Waals surface area contributed by atoms with Crippen molar-refractivity contribution in [2.24, 2.45) is 5.92 Å².